The summed E-state index contributed by atoms with van der Waals surface area (Å²) in [6.07, 6.45) is 5.63. The van der Waals surface area contributed by atoms with Gasteiger partial charge in [0.1, 0.15) is 0 Å². The molecule has 0 spiro atoms. The lowest BCUT2D eigenvalue weighted by Gasteiger charge is -2.17. The normalized spacial score (nSPS) is 21.9. The second kappa shape index (κ2) is 7.80. The minimum absolute atomic E-state index is 0.217. The standard InChI is InChI=1S/C20H31NO/c1-5-7-16-9-12-18(13-10-16)21-14-17(11-8-15(3)4)19(6-2)20(21)22/h9-10,12-13,15,17,19H,5-8,11,14H2,1-4H3. The Morgan fingerprint density at radius 1 is 1.18 bits per heavy atom. The average molecular weight is 301 g/mol. The van der Waals surface area contributed by atoms with Crippen molar-refractivity contribution in [1.29, 1.82) is 0 Å². The van der Waals surface area contributed by atoms with Gasteiger partial charge in [-0.15, -0.1) is 0 Å². The zero-order valence-electron chi connectivity index (χ0n) is 14.6. The number of hydrogen-bond acceptors (Lipinski definition) is 1. The summed E-state index contributed by atoms with van der Waals surface area (Å²) < 4.78 is 0. The van der Waals surface area contributed by atoms with Gasteiger partial charge in [0.25, 0.3) is 0 Å². The molecule has 2 rings (SSSR count). The van der Waals surface area contributed by atoms with Crippen molar-refractivity contribution in [1.82, 2.24) is 0 Å². The van der Waals surface area contributed by atoms with Crippen molar-refractivity contribution >= 4 is 11.6 Å². The van der Waals surface area contributed by atoms with Gasteiger partial charge in [0.2, 0.25) is 5.91 Å². The fourth-order valence-corrected chi connectivity index (χ4v) is 3.57. The van der Waals surface area contributed by atoms with Crippen LogP contribution in [0.4, 0.5) is 5.69 Å². The zero-order chi connectivity index (χ0) is 16.1. The first kappa shape index (κ1) is 17.1. The van der Waals surface area contributed by atoms with Gasteiger partial charge < -0.3 is 4.90 Å². The molecule has 1 aliphatic heterocycles. The lowest BCUT2D eigenvalue weighted by Crippen LogP contribution is -2.26. The molecular formula is C20H31NO. The van der Waals surface area contributed by atoms with E-state index in [0.717, 1.165) is 37.4 Å². The van der Waals surface area contributed by atoms with E-state index in [9.17, 15) is 4.79 Å². The molecule has 1 fully saturated rings. The SMILES string of the molecule is CCCc1ccc(N2CC(CCC(C)C)C(CC)C2=O)cc1. The number of hydrogen-bond donors (Lipinski definition) is 0. The predicted octanol–water partition coefficient (Wildman–Crippen LogP) is 5.06. The van der Waals surface area contributed by atoms with Crippen LogP contribution in [0.2, 0.25) is 0 Å². The Hall–Kier alpha value is -1.31. The Bertz CT molecular complexity index is 477. The van der Waals surface area contributed by atoms with Gasteiger partial charge in [-0.2, -0.15) is 0 Å². The Balaban J connectivity index is 2.09. The molecule has 0 radical (unpaired) electrons. The number of carbonyl (C=O) groups excluding carboxylic acids is 1. The molecule has 22 heavy (non-hydrogen) atoms. The first-order valence-corrected chi connectivity index (χ1v) is 8.97. The van der Waals surface area contributed by atoms with E-state index < -0.39 is 0 Å². The molecule has 1 aromatic carbocycles. The average Bonchev–Trinajstić information content (AvgIpc) is 2.82. The highest BCUT2D eigenvalue weighted by atomic mass is 16.2. The third-order valence-corrected chi connectivity index (χ3v) is 4.91. The summed E-state index contributed by atoms with van der Waals surface area (Å²) in [5.74, 6) is 1.79. The van der Waals surface area contributed by atoms with E-state index in [2.05, 4.69) is 52.0 Å². The van der Waals surface area contributed by atoms with E-state index in [1.807, 2.05) is 4.90 Å². The molecule has 1 saturated heterocycles. The van der Waals surface area contributed by atoms with E-state index in [0.29, 0.717) is 11.8 Å². The fourth-order valence-electron chi connectivity index (χ4n) is 3.57. The number of benzene rings is 1. The van der Waals surface area contributed by atoms with Crippen molar-refractivity contribution in [2.24, 2.45) is 17.8 Å². The van der Waals surface area contributed by atoms with Crippen LogP contribution in [-0.2, 0) is 11.2 Å². The van der Waals surface area contributed by atoms with E-state index in [1.165, 1.54) is 18.4 Å². The van der Waals surface area contributed by atoms with Gasteiger partial charge in [-0.05, 0) is 48.8 Å². The molecule has 1 amide bonds. The fraction of sp³-hybridized carbons (Fsp3) is 0.650. The van der Waals surface area contributed by atoms with E-state index in [-0.39, 0.29) is 5.92 Å². The second-order valence-corrected chi connectivity index (χ2v) is 7.11. The summed E-state index contributed by atoms with van der Waals surface area (Å²) in [4.78, 5) is 14.8. The Morgan fingerprint density at radius 2 is 1.86 bits per heavy atom. The third-order valence-electron chi connectivity index (χ3n) is 4.91. The maximum atomic E-state index is 12.7. The maximum absolute atomic E-state index is 12.7. The van der Waals surface area contributed by atoms with Crippen LogP contribution in [0, 0.1) is 17.8 Å². The molecule has 2 heteroatoms. The van der Waals surface area contributed by atoms with Crippen molar-refractivity contribution in [3.63, 3.8) is 0 Å². The zero-order valence-corrected chi connectivity index (χ0v) is 14.6. The van der Waals surface area contributed by atoms with Gasteiger partial charge in [0, 0.05) is 18.2 Å². The Kier molecular flexibility index (Phi) is 6.05. The van der Waals surface area contributed by atoms with Gasteiger partial charge >= 0.3 is 0 Å². The lowest BCUT2D eigenvalue weighted by molar-refractivity contribution is -0.121. The summed E-state index contributed by atoms with van der Waals surface area (Å²) in [5.41, 5.74) is 2.44. The Labute approximate surface area is 135 Å². The first-order valence-electron chi connectivity index (χ1n) is 8.97. The summed E-state index contributed by atoms with van der Waals surface area (Å²) in [6, 6.07) is 8.60. The van der Waals surface area contributed by atoms with E-state index in [1.54, 1.807) is 0 Å². The summed E-state index contributed by atoms with van der Waals surface area (Å²) in [7, 11) is 0. The van der Waals surface area contributed by atoms with Crippen molar-refractivity contribution in [2.75, 3.05) is 11.4 Å². The van der Waals surface area contributed by atoms with Gasteiger partial charge in [-0.1, -0.05) is 52.7 Å². The number of nitrogens with zero attached hydrogens (tertiary/aromatic N) is 1. The molecule has 0 bridgehead atoms. The molecule has 0 aliphatic carbocycles. The van der Waals surface area contributed by atoms with Crippen molar-refractivity contribution in [3.8, 4) is 0 Å². The van der Waals surface area contributed by atoms with Crippen LogP contribution < -0.4 is 4.90 Å². The monoisotopic (exact) mass is 301 g/mol. The van der Waals surface area contributed by atoms with Crippen LogP contribution >= 0.6 is 0 Å². The number of anilines is 1. The molecule has 0 aromatic heterocycles. The maximum Gasteiger partial charge on any atom is 0.230 e. The summed E-state index contributed by atoms with van der Waals surface area (Å²) in [5, 5.41) is 0. The second-order valence-electron chi connectivity index (χ2n) is 7.11. The highest BCUT2D eigenvalue weighted by Crippen LogP contribution is 2.35. The molecule has 1 aliphatic rings. The molecule has 0 saturated carbocycles. The first-order chi connectivity index (χ1) is 10.6. The van der Waals surface area contributed by atoms with Gasteiger partial charge in [0.15, 0.2) is 0 Å². The Morgan fingerprint density at radius 3 is 2.41 bits per heavy atom. The third kappa shape index (κ3) is 3.91. The van der Waals surface area contributed by atoms with Gasteiger partial charge in [0.05, 0.1) is 0 Å². The predicted molar refractivity (Wildman–Crippen MR) is 94.1 cm³/mol. The number of amides is 1. The molecule has 2 unspecified atom stereocenters. The van der Waals surface area contributed by atoms with E-state index >= 15 is 0 Å². The van der Waals surface area contributed by atoms with Crippen LogP contribution in [0.25, 0.3) is 0 Å². The smallest absolute Gasteiger partial charge is 0.230 e. The quantitative estimate of drug-likeness (QED) is 0.689. The number of rotatable bonds is 7. The van der Waals surface area contributed by atoms with Crippen LogP contribution in [0.1, 0.15) is 58.9 Å². The number of carbonyl (C=O) groups is 1. The number of aryl methyl sites for hydroxylation is 1. The van der Waals surface area contributed by atoms with Crippen molar-refractivity contribution in [3.05, 3.63) is 29.8 Å². The molecule has 2 nitrogen and oxygen atoms in total. The highest BCUT2D eigenvalue weighted by Gasteiger charge is 2.39. The topological polar surface area (TPSA) is 20.3 Å². The molecule has 122 valence electrons. The highest BCUT2D eigenvalue weighted by molar-refractivity contribution is 5.97. The van der Waals surface area contributed by atoms with Crippen molar-refractivity contribution in [2.45, 2.75) is 59.8 Å². The van der Waals surface area contributed by atoms with Gasteiger partial charge in [-0.25, -0.2) is 0 Å². The summed E-state index contributed by atoms with van der Waals surface area (Å²) >= 11 is 0. The van der Waals surface area contributed by atoms with Crippen LogP contribution in [-0.4, -0.2) is 12.5 Å². The minimum Gasteiger partial charge on any atom is -0.312 e. The van der Waals surface area contributed by atoms with Crippen LogP contribution in [0.5, 0.6) is 0 Å². The molecule has 1 aromatic rings. The van der Waals surface area contributed by atoms with E-state index in [4.69, 9.17) is 0 Å². The molecular weight excluding hydrogens is 270 g/mol. The lowest BCUT2D eigenvalue weighted by atomic mass is 9.87. The largest absolute Gasteiger partial charge is 0.312 e. The van der Waals surface area contributed by atoms with Crippen LogP contribution in [0.15, 0.2) is 24.3 Å². The minimum atomic E-state index is 0.217. The molecule has 2 atom stereocenters. The van der Waals surface area contributed by atoms with Gasteiger partial charge in [-0.3, -0.25) is 4.79 Å². The molecule has 1 heterocycles. The van der Waals surface area contributed by atoms with Crippen molar-refractivity contribution < 1.29 is 4.79 Å². The molecule has 0 N–H and O–H groups in total. The summed E-state index contributed by atoms with van der Waals surface area (Å²) in [6.45, 7) is 9.78. The van der Waals surface area contributed by atoms with Crippen LogP contribution in [0.3, 0.4) is 0 Å².